The number of hydrogen-bond acceptors (Lipinski definition) is 7. The van der Waals surface area contributed by atoms with Gasteiger partial charge in [0, 0.05) is 10.0 Å². The Hall–Kier alpha value is -3.85. The summed E-state index contributed by atoms with van der Waals surface area (Å²) in [6.45, 7) is 0. The molecule has 0 radical (unpaired) electrons. The standard InChI is InChI=1S/C24H21BrN2O6/c1-30-19-10-8-16(13-22(19)32-3)23(28)27-26-14-15-7-9-20(21(11-15)31-2)33-24(29)17-5-4-6-18(25)12-17/h4-14H,1-3H3,(H,27,28)/b26-14-. The largest absolute Gasteiger partial charge is 0.493 e. The normalized spacial score (nSPS) is 10.5. The van der Waals surface area contributed by atoms with Crippen LogP contribution in [0.15, 0.2) is 70.2 Å². The van der Waals surface area contributed by atoms with Gasteiger partial charge in [-0.25, -0.2) is 10.2 Å². The average Bonchev–Trinajstić information content (AvgIpc) is 2.84. The molecule has 3 rings (SSSR count). The molecule has 1 amide bonds. The number of hydrazone groups is 1. The molecule has 0 aliphatic heterocycles. The van der Waals surface area contributed by atoms with Gasteiger partial charge in [0.15, 0.2) is 23.0 Å². The Kier molecular flexibility index (Phi) is 8.04. The summed E-state index contributed by atoms with van der Waals surface area (Å²) in [6.07, 6.45) is 1.45. The van der Waals surface area contributed by atoms with E-state index >= 15 is 0 Å². The minimum atomic E-state index is -0.516. The van der Waals surface area contributed by atoms with Crippen LogP contribution in [0.4, 0.5) is 0 Å². The summed E-state index contributed by atoms with van der Waals surface area (Å²) in [5.41, 5.74) is 3.83. The van der Waals surface area contributed by atoms with Gasteiger partial charge in [0.1, 0.15) is 0 Å². The second-order valence-electron chi connectivity index (χ2n) is 6.58. The molecule has 170 valence electrons. The molecule has 1 N–H and O–H groups in total. The number of carbonyl (C=O) groups is 2. The molecule has 0 unspecified atom stereocenters. The maximum atomic E-state index is 12.4. The molecule has 3 aromatic carbocycles. The van der Waals surface area contributed by atoms with Crippen LogP contribution >= 0.6 is 15.9 Å². The zero-order chi connectivity index (χ0) is 23.8. The van der Waals surface area contributed by atoms with Crippen molar-refractivity contribution < 1.29 is 28.5 Å². The highest BCUT2D eigenvalue weighted by molar-refractivity contribution is 9.10. The van der Waals surface area contributed by atoms with Gasteiger partial charge < -0.3 is 18.9 Å². The number of nitrogens with zero attached hydrogens (tertiary/aromatic N) is 1. The first-order chi connectivity index (χ1) is 15.9. The van der Waals surface area contributed by atoms with Gasteiger partial charge in [-0.3, -0.25) is 4.79 Å². The summed E-state index contributed by atoms with van der Waals surface area (Å²) in [6, 6.07) is 16.6. The van der Waals surface area contributed by atoms with Crippen molar-refractivity contribution in [2.45, 2.75) is 0 Å². The highest BCUT2D eigenvalue weighted by Crippen LogP contribution is 2.29. The number of halogens is 1. The molecular weight excluding hydrogens is 492 g/mol. The summed E-state index contributed by atoms with van der Waals surface area (Å²) < 4.78 is 21.9. The van der Waals surface area contributed by atoms with Gasteiger partial charge in [-0.2, -0.15) is 5.10 Å². The van der Waals surface area contributed by atoms with Crippen molar-refractivity contribution in [3.05, 3.63) is 81.8 Å². The molecule has 0 heterocycles. The molecule has 3 aromatic rings. The molecule has 0 aliphatic carbocycles. The van der Waals surface area contributed by atoms with Crippen LogP contribution < -0.4 is 24.4 Å². The summed E-state index contributed by atoms with van der Waals surface area (Å²) in [5.74, 6) is 0.622. The highest BCUT2D eigenvalue weighted by atomic mass is 79.9. The van der Waals surface area contributed by atoms with E-state index in [1.165, 1.54) is 27.5 Å². The van der Waals surface area contributed by atoms with Gasteiger partial charge in [-0.1, -0.05) is 22.0 Å². The van der Waals surface area contributed by atoms with Gasteiger partial charge in [0.05, 0.1) is 33.1 Å². The summed E-state index contributed by atoms with van der Waals surface area (Å²) in [4.78, 5) is 24.8. The lowest BCUT2D eigenvalue weighted by Crippen LogP contribution is -2.17. The van der Waals surface area contributed by atoms with Gasteiger partial charge in [0.2, 0.25) is 0 Å². The molecule has 8 nitrogen and oxygen atoms in total. The van der Waals surface area contributed by atoms with E-state index in [2.05, 4.69) is 26.5 Å². The molecule has 0 spiro atoms. The lowest BCUT2D eigenvalue weighted by molar-refractivity contribution is 0.0729. The minimum absolute atomic E-state index is 0.258. The smallest absolute Gasteiger partial charge is 0.343 e. The zero-order valence-corrected chi connectivity index (χ0v) is 19.7. The molecule has 0 fully saturated rings. The SMILES string of the molecule is COc1ccc(C(=O)N/N=C\c2ccc(OC(=O)c3cccc(Br)c3)c(OC)c2)cc1OC. The Bertz CT molecular complexity index is 1200. The topological polar surface area (TPSA) is 95.5 Å². The lowest BCUT2D eigenvalue weighted by Gasteiger charge is -2.10. The molecule has 0 atom stereocenters. The predicted octanol–water partition coefficient (Wildman–Crippen LogP) is 4.46. The van der Waals surface area contributed by atoms with E-state index in [4.69, 9.17) is 18.9 Å². The second-order valence-corrected chi connectivity index (χ2v) is 7.49. The number of ether oxygens (including phenoxy) is 4. The minimum Gasteiger partial charge on any atom is -0.493 e. The van der Waals surface area contributed by atoms with Crippen LogP contribution in [-0.4, -0.2) is 39.4 Å². The third kappa shape index (κ3) is 6.11. The Labute approximate surface area is 199 Å². The third-order valence-corrected chi connectivity index (χ3v) is 4.97. The Morgan fingerprint density at radius 2 is 1.52 bits per heavy atom. The van der Waals surface area contributed by atoms with Crippen LogP contribution in [0.25, 0.3) is 0 Å². The van der Waals surface area contributed by atoms with Gasteiger partial charge in [-0.15, -0.1) is 0 Å². The maximum absolute atomic E-state index is 12.4. The number of benzene rings is 3. The number of carbonyl (C=O) groups excluding carboxylic acids is 2. The number of methoxy groups -OCH3 is 3. The van der Waals surface area contributed by atoms with E-state index < -0.39 is 11.9 Å². The Morgan fingerprint density at radius 1 is 0.818 bits per heavy atom. The molecule has 0 aromatic heterocycles. The van der Waals surface area contributed by atoms with Crippen molar-refractivity contribution in [1.29, 1.82) is 0 Å². The molecule has 33 heavy (non-hydrogen) atoms. The van der Waals surface area contributed by atoms with Crippen molar-refractivity contribution in [3.63, 3.8) is 0 Å². The van der Waals surface area contributed by atoms with Crippen molar-refractivity contribution in [2.24, 2.45) is 5.10 Å². The quantitative estimate of drug-likeness (QED) is 0.207. The van der Waals surface area contributed by atoms with Crippen LogP contribution in [0.2, 0.25) is 0 Å². The van der Waals surface area contributed by atoms with Crippen LogP contribution in [0.3, 0.4) is 0 Å². The van der Waals surface area contributed by atoms with Gasteiger partial charge >= 0.3 is 5.97 Å². The van der Waals surface area contributed by atoms with E-state index in [0.717, 1.165) is 4.47 Å². The fraction of sp³-hybridized carbons (Fsp3) is 0.125. The van der Waals surface area contributed by atoms with E-state index in [9.17, 15) is 9.59 Å². The number of amides is 1. The fourth-order valence-electron chi connectivity index (χ4n) is 2.83. The van der Waals surface area contributed by atoms with Crippen molar-refractivity contribution >= 4 is 34.0 Å². The van der Waals surface area contributed by atoms with Crippen molar-refractivity contribution in [1.82, 2.24) is 5.43 Å². The van der Waals surface area contributed by atoms with Gasteiger partial charge in [0.25, 0.3) is 5.91 Å². The van der Waals surface area contributed by atoms with E-state index in [1.807, 2.05) is 6.07 Å². The van der Waals surface area contributed by atoms with E-state index in [-0.39, 0.29) is 5.75 Å². The molecular formula is C24H21BrN2O6. The van der Waals surface area contributed by atoms with E-state index in [0.29, 0.717) is 33.9 Å². The second kappa shape index (κ2) is 11.1. The first-order valence-corrected chi connectivity index (χ1v) is 10.5. The zero-order valence-electron chi connectivity index (χ0n) is 18.1. The van der Waals surface area contributed by atoms with Crippen LogP contribution in [0, 0.1) is 0 Å². The van der Waals surface area contributed by atoms with Crippen LogP contribution in [-0.2, 0) is 0 Å². The van der Waals surface area contributed by atoms with Crippen LogP contribution in [0.5, 0.6) is 23.0 Å². The molecule has 0 saturated carbocycles. The Morgan fingerprint density at radius 3 is 2.21 bits per heavy atom. The first kappa shape index (κ1) is 23.8. The third-order valence-electron chi connectivity index (χ3n) is 4.48. The maximum Gasteiger partial charge on any atom is 0.343 e. The number of esters is 1. The monoisotopic (exact) mass is 512 g/mol. The fourth-order valence-corrected chi connectivity index (χ4v) is 3.23. The first-order valence-electron chi connectivity index (χ1n) is 9.66. The summed E-state index contributed by atoms with van der Waals surface area (Å²) >= 11 is 3.33. The molecule has 0 saturated heterocycles. The molecule has 0 bridgehead atoms. The van der Waals surface area contributed by atoms with Crippen LogP contribution in [0.1, 0.15) is 26.3 Å². The van der Waals surface area contributed by atoms with Crippen molar-refractivity contribution in [2.75, 3.05) is 21.3 Å². The number of rotatable bonds is 8. The summed E-state index contributed by atoms with van der Waals surface area (Å²) in [7, 11) is 4.47. The molecule has 0 aliphatic rings. The summed E-state index contributed by atoms with van der Waals surface area (Å²) in [5, 5.41) is 3.97. The average molecular weight is 513 g/mol. The van der Waals surface area contributed by atoms with Crippen molar-refractivity contribution in [3.8, 4) is 23.0 Å². The molecule has 9 heteroatoms. The number of nitrogens with one attached hydrogen (secondary N) is 1. The predicted molar refractivity (Wildman–Crippen MR) is 127 cm³/mol. The Balaban J connectivity index is 1.68. The van der Waals surface area contributed by atoms with E-state index in [1.54, 1.807) is 54.6 Å². The lowest BCUT2D eigenvalue weighted by atomic mass is 10.2. The highest BCUT2D eigenvalue weighted by Gasteiger charge is 2.13. The number of hydrogen-bond donors (Lipinski definition) is 1. The van der Waals surface area contributed by atoms with Gasteiger partial charge in [-0.05, 0) is 60.2 Å².